The van der Waals surface area contributed by atoms with Gasteiger partial charge in [-0.25, -0.2) is 9.13 Å². The third-order valence-electron chi connectivity index (χ3n) is 14.9. The second-order valence-electron chi connectivity index (χ2n) is 24.8. The molecular weight excluding hydrogens is 1380 g/mol. The van der Waals surface area contributed by atoms with Crippen molar-refractivity contribution in [3.63, 3.8) is 0 Å². The minimum absolute atomic E-state index is 0.0189. The number of unbranched alkanes of at least 4 members (excludes halogenated alkanes) is 8. The van der Waals surface area contributed by atoms with Crippen LogP contribution < -0.4 is 0 Å². The zero-order valence-corrected chi connectivity index (χ0v) is 66.5. The smallest absolute Gasteiger partial charge is 0.462 e. The minimum Gasteiger partial charge on any atom is -0.462 e. The largest absolute Gasteiger partial charge is 0.472 e. The van der Waals surface area contributed by atoms with Crippen LogP contribution in [-0.4, -0.2) is 96.7 Å². The Hall–Kier alpha value is -6.62. The summed E-state index contributed by atoms with van der Waals surface area (Å²) in [5, 5.41) is 10.6. The Morgan fingerprint density at radius 1 is 0.264 bits per heavy atom. The summed E-state index contributed by atoms with van der Waals surface area (Å²) in [7, 11) is -10.0. The summed E-state index contributed by atoms with van der Waals surface area (Å²) in [6.45, 7) is 4.15. The highest BCUT2D eigenvalue weighted by Gasteiger charge is 2.30. The van der Waals surface area contributed by atoms with Gasteiger partial charge in [0.2, 0.25) is 0 Å². The normalized spacial score (nSPS) is 15.0. The molecule has 0 saturated carbocycles. The number of phosphoric ester groups is 2. The van der Waals surface area contributed by atoms with E-state index in [1.807, 2.05) is 24.3 Å². The van der Waals surface area contributed by atoms with Crippen molar-refractivity contribution in [1.29, 1.82) is 0 Å². The molecule has 0 aliphatic heterocycles. The lowest BCUT2D eigenvalue weighted by Gasteiger charge is -2.21. The first kappa shape index (κ1) is 99.4. The molecule has 0 rings (SSSR count). The summed E-state index contributed by atoms with van der Waals surface area (Å²) >= 11 is 0. The molecule has 594 valence electrons. The third-order valence-corrected chi connectivity index (χ3v) is 16.8. The van der Waals surface area contributed by atoms with E-state index in [-0.39, 0.29) is 25.7 Å². The Labute approximate surface area is 639 Å². The van der Waals surface area contributed by atoms with Gasteiger partial charge in [-0.3, -0.25) is 37.3 Å². The molecule has 0 amide bonds. The van der Waals surface area contributed by atoms with Gasteiger partial charge >= 0.3 is 39.5 Å². The zero-order chi connectivity index (χ0) is 77.4. The second kappa shape index (κ2) is 76.6. The van der Waals surface area contributed by atoms with Crippen molar-refractivity contribution in [2.24, 2.45) is 0 Å². The van der Waals surface area contributed by atoms with E-state index < -0.39 is 97.5 Å². The Balaban J connectivity index is 5.56. The van der Waals surface area contributed by atoms with Crippen molar-refractivity contribution in [3.8, 4) is 0 Å². The van der Waals surface area contributed by atoms with Crippen molar-refractivity contribution in [2.45, 2.75) is 264 Å². The van der Waals surface area contributed by atoms with Gasteiger partial charge in [0.1, 0.15) is 19.3 Å². The number of aliphatic hydroxyl groups excluding tert-OH is 1. The van der Waals surface area contributed by atoms with E-state index in [2.05, 4.69) is 222 Å². The van der Waals surface area contributed by atoms with Crippen molar-refractivity contribution >= 4 is 39.5 Å². The average molecular weight is 1510 g/mol. The molecule has 17 nitrogen and oxygen atoms in total. The molecule has 106 heavy (non-hydrogen) atoms. The number of hydrogen-bond acceptors (Lipinski definition) is 15. The average Bonchev–Trinajstić information content (AvgIpc) is 0.902. The van der Waals surface area contributed by atoms with E-state index in [9.17, 15) is 43.2 Å². The van der Waals surface area contributed by atoms with Crippen molar-refractivity contribution in [3.05, 3.63) is 219 Å². The maximum atomic E-state index is 13.1. The van der Waals surface area contributed by atoms with E-state index in [0.29, 0.717) is 38.5 Å². The molecule has 5 unspecified atom stereocenters. The second-order valence-corrected chi connectivity index (χ2v) is 27.7. The van der Waals surface area contributed by atoms with Crippen molar-refractivity contribution in [1.82, 2.24) is 0 Å². The van der Waals surface area contributed by atoms with Gasteiger partial charge in [-0.1, -0.05) is 259 Å². The lowest BCUT2D eigenvalue weighted by Crippen LogP contribution is -2.30. The van der Waals surface area contributed by atoms with E-state index in [4.69, 9.17) is 37.0 Å². The van der Waals surface area contributed by atoms with Gasteiger partial charge in [0.15, 0.2) is 12.2 Å². The van der Waals surface area contributed by atoms with Crippen LogP contribution in [0.15, 0.2) is 219 Å². The lowest BCUT2D eigenvalue weighted by atomic mass is 10.1. The molecule has 0 fully saturated rings. The Morgan fingerprint density at radius 2 is 0.481 bits per heavy atom. The van der Waals surface area contributed by atoms with Crippen LogP contribution in [0.2, 0.25) is 0 Å². The van der Waals surface area contributed by atoms with Crippen LogP contribution in [-0.2, 0) is 65.4 Å². The van der Waals surface area contributed by atoms with Crippen LogP contribution in [0.1, 0.15) is 246 Å². The van der Waals surface area contributed by atoms with Crippen LogP contribution in [0.4, 0.5) is 0 Å². The topological polar surface area (TPSA) is 237 Å². The summed E-state index contributed by atoms with van der Waals surface area (Å²) in [6.07, 6.45) is 96.6. The monoisotopic (exact) mass is 1510 g/mol. The molecule has 0 saturated heterocycles. The molecule has 0 heterocycles. The standard InChI is InChI=1S/C87H134O17P2/c1-5-9-13-17-21-25-29-33-37-39-40-42-45-48-52-56-60-64-68-72-85(90)98-78-83(104-87(92)74-70-66-62-58-54-50-46-41-38-34-30-26-22-18-14-10-6-2)80-102-106(95,96)100-76-81(88)75-99-105(93,94)101-79-82(103-86(91)73-69-65-61-57-53-49-44-36-32-28-24-20-16-12-8-4)77-97-84(89)71-67-63-59-55-51-47-43-35-31-27-23-19-15-11-7-3/h9-16,21-28,33-38,40,42-44,46,48,50-53,55,57,60,64,81-83,88H,5-8,17-20,29-32,39,41,45,47,49,54,56,58-59,61-63,65-80H2,1-4H3,(H,93,94)(H,95,96)/b13-9-,14-10-,15-11-,16-12-,25-21-,26-22-,27-23-,28-24-,37-33-,38-34-,42-40-,43-35-,44-36-,50-46-,52-48-,55-51-,57-53-,64-60-. The first-order valence-electron chi connectivity index (χ1n) is 39.0. The molecule has 5 atom stereocenters. The molecule has 0 radical (unpaired) electrons. The fourth-order valence-corrected chi connectivity index (χ4v) is 10.7. The summed E-state index contributed by atoms with van der Waals surface area (Å²) in [4.78, 5) is 73.0. The molecule has 0 aromatic heterocycles. The van der Waals surface area contributed by atoms with Gasteiger partial charge in [0.25, 0.3) is 0 Å². The number of aliphatic hydroxyl groups is 1. The summed E-state index contributed by atoms with van der Waals surface area (Å²) < 4.78 is 68.4. The fraction of sp³-hybridized carbons (Fsp3) is 0.540. The SMILES string of the molecule is CC/C=C\C/C=C\C/C=C\C/C=C\C/C=C\C/C=C\CCC(=O)OCC(COP(=O)(O)OCC(O)COP(=O)(O)OCC(COC(=O)CCCC/C=C\C/C=C\C/C=C\C/C=C\CC)OC(=O)CCCC/C=C\C/C=C\C/C=C\C/C=C\CC)OC(=O)CCCCCC/C=C\C/C=C\C/C=C\C/C=C\CC. The van der Waals surface area contributed by atoms with Crippen molar-refractivity contribution < 1.29 is 80.2 Å². The van der Waals surface area contributed by atoms with E-state index in [0.717, 1.165) is 154 Å². The molecule has 0 aliphatic carbocycles. The quantitative estimate of drug-likeness (QED) is 0.0169. The summed E-state index contributed by atoms with van der Waals surface area (Å²) in [5.74, 6) is -2.43. The van der Waals surface area contributed by atoms with Crippen LogP contribution in [0.5, 0.6) is 0 Å². The molecular formula is C87H134O17P2. The molecule has 19 heteroatoms. The highest BCUT2D eigenvalue weighted by atomic mass is 31.2. The number of ether oxygens (including phenoxy) is 4. The molecule has 0 spiro atoms. The number of carbonyl (C=O) groups excluding carboxylic acids is 4. The van der Waals surface area contributed by atoms with Gasteiger partial charge in [0.05, 0.1) is 26.4 Å². The predicted molar refractivity (Wildman–Crippen MR) is 435 cm³/mol. The Kier molecular flexibility index (Phi) is 71.8. The lowest BCUT2D eigenvalue weighted by molar-refractivity contribution is -0.161. The molecule has 0 aliphatic rings. The van der Waals surface area contributed by atoms with Crippen LogP contribution in [0.3, 0.4) is 0 Å². The van der Waals surface area contributed by atoms with E-state index >= 15 is 0 Å². The number of esters is 4. The van der Waals surface area contributed by atoms with E-state index in [1.165, 1.54) is 0 Å². The highest BCUT2D eigenvalue weighted by molar-refractivity contribution is 7.47. The Bertz CT molecular complexity index is 2880. The summed E-state index contributed by atoms with van der Waals surface area (Å²) in [6, 6.07) is 0. The summed E-state index contributed by atoms with van der Waals surface area (Å²) in [5.41, 5.74) is 0. The number of rotatable bonds is 70. The van der Waals surface area contributed by atoms with Crippen LogP contribution in [0, 0.1) is 0 Å². The highest BCUT2D eigenvalue weighted by Crippen LogP contribution is 2.45. The zero-order valence-electron chi connectivity index (χ0n) is 64.8. The van der Waals surface area contributed by atoms with Gasteiger partial charge in [0, 0.05) is 25.7 Å². The number of hydrogen-bond donors (Lipinski definition) is 3. The van der Waals surface area contributed by atoms with Gasteiger partial charge in [-0.15, -0.1) is 0 Å². The number of carbonyl (C=O) groups is 4. The maximum absolute atomic E-state index is 13.1. The molecule has 0 aromatic rings. The van der Waals surface area contributed by atoms with Crippen LogP contribution in [0.25, 0.3) is 0 Å². The van der Waals surface area contributed by atoms with Gasteiger partial charge in [-0.05, 0) is 180 Å². The predicted octanol–water partition coefficient (Wildman–Crippen LogP) is 22.9. The van der Waals surface area contributed by atoms with Crippen molar-refractivity contribution in [2.75, 3.05) is 39.6 Å². The number of allylic oxidation sites excluding steroid dienone is 36. The van der Waals surface area contributed by atoms with Gasteiger partial charge < -0.3 is 33.8 Å². The number of phosphoric acid groups is 2. The third kappa shape index (κ3) is 75.6. The van der Waals surface area contributed by atoms with E-state index in [1.54, 1.807) is 0 Å². The molecule has 0 aromatic carbocycles. The van der Waals surface area contributed by atoms with Crippen LogP contribution >= 0.6 is 15.6 Å². The minimum atomic E-state index is -5.02. The fourth-order valence-electron chi connectivity index (χ4n) is 9.16. The molecule has 3 N–H and O–H groups in total. The molecule has 0 bridgehead atoms. The van der Waals surface area contributed by atoms with Gasteiger partial charge in [-0.2, -0.15) is 0 Å². The maximum Gasteiger partial charge on any atom is 0.472 e. The first-order valence-corrected chi connectivity index (χ1v) is 42.0. The first-order chi connectivity index (χ1) is 51.7. The Morgan fingerprint density at radius 3 is 0.774 bits per heavy atom.